The molecule has 0 aliphatic carbocycles. The van der Waals surface area contributed by atoms with Crippen LogP contribution in [-0.4, -0.2) is 22.0 Å². The topological polar surface area (TPSA) is 46.9 Å². The molecule has 4 nitrogen and oxygen atoms in total. The molecule has 0 radical (unpaired) electrons. The highest BCUT2D eigenvalue weighted by atomic mass is 35.5. The molecule has 1 aromatic heterocycles. The largest absolute Gasteiger partial charge is 0.352 e. The third-order valence-electron chi connectivity index (χ3n) is 3.58. The summed E-state index contributed by atoms with van der Waals surface area (Å²) in [5.74, 6) is -1.11. The van der Waals surface area contributed by atoms with Crippen molar-refractivity contribution in [1.82, 2.24) is 14.9 Å². The Hall–Kier alpha value is -2.40. The number of hydrogen-bond donors (Lipinski definition) is 1. The number of carbonyl (C=O) groups excluding carboxylic acids is 1. The fourth-order valence-corrected chi connectivity index (χ4v) is 2.69. The van der Waals surface area contributed by atoms with Crippen LogP contribution in [0.5, 0.6) is 0 Å². The van der Waals surface area contributed by atoms with Gasteiger partial charge in [0.1, 0.15) is 5.82 Å². The summed E-state index contributed by atoms with van der Waals surface area (Å²) in [7, 11) is 0. The molecule has 0 spiro atoms. The quantitative estimate of drug-likeness (QED) is 0.725. The van der Waals surface area contributed by atoms with Crippen LogP contribution in [0.4, 0.5) is 4.39 Å². The Bertz CT molecular complexity index is 826. The lowest BCUT2D eigenvalue weighted by atomic mass is 10.2. The maximum Gasteiger partial charge on any atom is 0.255 e. The molecule has 0 aliphatic heterocycles. The lowest BCUT2D eigenvalue weighted by Crippen LogP contribution is -2.26. The van der Waals surface area contributed by atoms with Crippen LogP contribution < -0.4 is 5.32 Å². The van der Waals surface area contributed by atoms with E-state index >= 15 is 0 Å². The minimum atomic E-state index is -0.615. The van der Waals surface area contributed by atoms with E-state index in [2.05, 4.69) is 10.3 Å². The molecule has 3 aromatic rings. The van der Waals surface area contributed by atoms with E-state index in [0.717, 1.165) is 11.0 Å². The molecule has 1 amide bonds. The van der Waals surface area contributed by atoms with Crippen molar-refractivity contribution in [2.75, 3.05) is 6.54 Å². The predicted octanol–water partition coefficient (Wildman–Crippen LogP) is 3.65. The van der Waals surface area contributed by atoms with Gasteiger partial charge in [0.25, 0.3) is 5.91 Å². The molecular weight excluding hydrogens is 317 g/mol. The number of hydrogen-bond acceptors (Lipinski definition) is 2. The Morgan fingerprint density at radius 3 is 2.87 bits per heavy atom. The third-order valence-corrected chi connectivity index (χ3v) is 3.89. The number of nitrogens with one attached hydrogen (secondary N) is 1. The number of imidazole rings is 1. The van der Waals surface area contributed by atoms with Crippen LogP contribution in [0.1, 0.15) is 16.8 Å². The Labute approximate surface area is 137 Å². The van der Waals surface area contributed by atoms with E-state index in [1.807, 2.05) is 28.8 Å². The van der Waals surface area contributed by atoms with Gasteiger partial charge in [0.05, 0.1) is 27.9 Å². The van der Waals surface area contributed by atoms with Gasteiger partial charge in [-0.3, -0.25) is 4.79 Å². The number of aryl methyl sites for hydroxylation is 1. The zero-order chi connectivity index (χ0) is 16.2. The van der Waals surface area contributed by atoms with E-state index in [4.69, 9.17) is 11.6 Å². The van der Waals surface area contributed by atoms with Crippen molar-refractivity contribution >= 4 is 28.5 Å². The van der Waals surface area contributed by atoms with Crippen LogP contribution in [0.25, 0.3) is 11.0 Å². The number of aromatic nitrogens is 2. The number of rotatable bonds is 5. The van der Waals surface area contributed by atoms with Crippen LogP contribution in [0, 0.1) is 5.82 Å². The van der Waals surface area contributed by atoms with Gasteiger partial charge in [-0.05, 0) is 30.7 Å². The summed E-state index contributed by atoms with van der Waals surface area (Å²) in [6.07, 6.45) is 2.48. The van der Waals surface area contributed by atoms with Crippen molar-refractivity contribution in [3.8, 4) is 0 Å². The van der Waals surface area contributed by atoms with Gasteiger partial charge in [-0.1, -0.05) is 29.8 Å². The molecule has 1 N–H and O–H groups in total. The summed E-state index contributed by atoms with van der Waals surface area (Å²) >= 11 is 5.87. The monoisotopic (exact) mass is 331 g/mol. The third kappa shape index (κ3) is 3.35. The summed E-state index contributed by atoms with van der Waals surface area (Å²) in [5, 5.41) is 2.81. The molecule has 0 fully saturated rings. The van der Waals surface area contributed by atoms with Gasteiger partial charge in [0.15, 0.2) is 0 Å². The van der Waals surface area contributed by atoms with Gasteiger partial charge in [-0.25, -0.2) is 9.37 Å². The van der Waals surface area contributed by atoms with Crippen LogP contribution in [0.15, 0.2) is 48.8 Å². The molecule has 0 saturated heterocycles. The van der Waals surface area contributed by atoms with E-state index in [0.29, 0.717) is 19.5 Å². The van der Waals surface area contributed by atoms with E-state index in [1.165, 1.54) is 18.2 Å². The molecule has 0 bridgehead atoms. The first-order valence-corrected chi connectivity index (χ1v) is 7.66. The average Bonchev–Trinajstić information content (AvgIpc) is 2.95. The number of nitrogens with zero attached hydrogens (tertiary/aromatic N) is 2. The fraction of sp³-hybridized carbons (Fsp3) is 0.176. The summed E-state index contributed by atoms with van der Waals surface area (Å²) < 4.78 is 15.7. The summed E-state index contributed by atoms with van der Waals surface area (Å²) in [6, 6.07) is 12.0. The molecule has 0 atom stereocenters. The molecule has 23 heavy (non-hydrogen) atoms. The molecule has 6 heteroatoms. The van der Waals surface area contributed by atoms with E-state index < -0.39 is 11.7 Å². The minimum Gasteiger partial charge on any atom is -0.352 e. The maximum atomic E-state index is 13.7. The van der Waals surface area contributed by atoms with Crippen LogP contribution in [-0.2, 0) is 6.54 Å². The highest BCUT2D eigenvalue weighted by molar-refractivity contribution is 6.33. The second kappa shape index (κ2) is 6.79. The number of carbonyl (C=O) groups is 1. The van der Waals surface area contributed by atoms with E-state index in [9.17, 15) is 9.18 Å². The lowest BCUT2D eigenvalue weighted by molar-refractivity contribution is 0.0949. The van der Waals surface area contributed by atoms with E-state index in [-0.39, 0.29) is 10.6 Å². The van der Waals surface area contributed by atoms with Crippen molar-refractivity contribution in [3.05, 3.63) is 65.2 Å². The normalized spacial score (nSPS) is 10.9. The summed E-state index contributed by atoms with van der Waals surface area (Å²) in [6.45, 7) is 1.14. The van der Waals surface area contributed by atoms with Crippen molar-refractivity contribution in [3.63, 3.8) is 0 Å². The minimum absolute atomic E-state index is 0.109. The summed E-state index contributed by atoms with van der Waals surface area (Å²) in [4.78, 5) is 16.3. The first-order chi connectivity index (χ1) is 11.2. The standard InChI is InChI=1S/C17H15ClFN3O/c18-12-5-3-6-13(19)16(12)17(23)20-9-4-10-22-11-21-14-7-1-2-8-15(14)22/h1-3,5-8,11H,4,9-10H2,(H,20,23). The SMILES string of the molecule is O=C(NCCCn1cnc2ccccc21)c1c(F)cccc1Cl. The van der Waals surface area contributed by atoms with Crippen LogP contribution in [0.2, 0.25) is 5.02 Å². The highest BCUT2D eigenvalue weighted by Gasteiger charge is 2.14. The Morgan fingerprint density at radius 2 is 2.04 bits per heavy atom. The number of fused-ring (bicyclic) bond motifs is 1. The van der Waals surface area contributed by atoms with Crippen molar-refractivity contribution in [1.29, 1.82) is 0 Å². The second-order valence-electron chi connectivity index (χ2n) is 5.13. The van der Waals surface area contributed by atoms with Crippen molar-refractivity contribution < 1.29 is 9.18 Å². The van der Waals surface area contributed by atoms with Gasteiger partial charge >= 0.3 is 0 Å². The molecule has 2 aromatic carbocycles. The smallest absolute Gasteiger partial charge is 0.255 e. The Morgan fingerprint density at radius 1 is 1.22 bits per heavy atom. The number of para-hydroxylation sites is 2. The molecule has 1 heterocycles. The number of benzene rings is 2. The highest BCUT2D eigenvalue weighted by Crippen LogP contribution is 2.18. The van der Waals surface area contributed by atoms with Gasteiger partial charge in [0.2, 0.25) is 0 Å². The first kappa shape index (κ1) is 15.5. The number of halogens is 2. The average molecular weight is 332 g/mol. The van der Waals surface area contributed by atoms with Gasteiger partial charge < -0.3 is 9.88 Å². The van der Waals surface area contributed by atoms with E-state index in [1.54, 1.807) is 6.33 Å². The van der Waals surface area contributed by atoms with Crippen LogP contribution >= 0.6 is 11.6 Å². The zero-order valence-corrected chi connectivity index (χ0v) is 13.1. The number of amides is 1. The van der Waals surface area contributed by atoms with Crippen molar-refractivity contribution in [2.45, 2.75) is 13.0 Å². The molecule has 118 valence electrons. The van der Waals surface area contributed by atoms with Gasteiger partial charge in [-0.2, -0.15) is 0 Å². The molecule has 0 unspecified atom stereocenters. The Kier molecular flexibility index (Phi) is 4.57. The van der Waals surface area contributed by atoms with Gasteiger partial charge in [-0.15, -0.1) is 0 Å². The predicted molar refractivity (Wildman–Crippen MR) is 88.1 cm³/mol. The molecule has 3 rings (SSSR count). The van der Waals surface area contributed by atoms with Gasteiger partial charge in [0, 0.05) is 13.1 Å². The fourth-order valence-electron chi connectivity index (χ4n) is 2.44. The second-order valence-corrected chi connectivity index (χ2v) is 5.54. The maximum absolute atomic E-state index is 13.7. The summed E-state index contributed by atoms with van der Waals surface area (Å²) in [5.41, 5.74) is 1.88. The molecule has 0 saturated carbocycles. The zero-order valence-electron chi connectivity index (χ0n) is 12.3. The van der Waals surface area contributed by atoms with Crippen LogP contribution in [0.3, 0.4) is 0 Å². The Balaban J connectivity index is 1.57. The lowest BCUT2D eigenvalue weighted by Gasteiger charge is -2.08. The molecular formula is C17H15ClFN3O. The first-order valence-electron chi connectivity index (χ1n) is 7.29. The molecule has 0 aliphatic rings. The van der Waals surface area contributed by atoms with Crippen molar-refractivity contribution in [2.24, 2.45) is 0 Å².